The van der Waals surface area contributed by atoms with Crippen LogP contribution in [-0.2, 0) is 34.9 Å². The first-order valence-electron chi connectivity index (χ1n) is 15.9. The fourth-order valence-electron chi connectivity index (χ4n) is 7.89. The van der Waals surface area contributed by atoms with E-state index in [9.17, 15) is 39.9 Å². The fourth-order valence-corrected chi connectivity index (χ4v) is 7.89. The van der Waals surface area contributed by atoms with E-state index in [0.717, 1.165) is 0 Å². The van der Waals surface area contributed by atoms with Gasteiger partial charge >= 0.3 is 0 Å². The summed E-state index contributed by atoms with van der Waals surface area (Å²) >= 11 is 0. The molecule has 3 aliphatic heterocycles. The number of aliphatic hydroxyl groups excluding tert-OH is 2. The molecule has 0 bridgehead atoms. The zero-order valence-electron chi connectivity index (χ0n) is 26.4. The molecule has 48 heavy (non-hydrogen) atoms. The highest BCUT2D eigenvalue weighted by Gasteiger charge is 2.55. The number of aliphatic hydroxyl groups is 3. The predicted molar refractivity (Wildman–Crippen MR) is 163 cm³/mol. The molecule has 0 radical (unpaired) electrons. The Morgan fingerprint density at radius 1 is 1.10 bits per heavy atom. The molecule has 3 saturated heterocycles. The molecule has 0 amide bonds. The number of carbonyl (C=O) groups is 3. The second-order valence-electron chi connectivity index (χ2n) is 12.8. The lowest BCUT2D eigenvalue weighted by Gasteiger charge is -2.43. The van der Waals surface area contributed by atoms with Gasteiger partial charge in [-0.2, -0.15) is 0 Å². The van der Waals surface area contributed by atoms with Gasteiger partial charge in [-0.15, -0.1) is 0 Å². The third-order valence-corrected chi connectivity index (χ3v) is 10.1. The Morgan fingerprint density at radius 3 is 2.60 bits per heavy atom. The monoisotopic (exact) mass is 670 g/mol. The van der Waals surface area contributed by atoms with E-state index in [0.29, 0.717) is 13.2 Å². The highest BCUT2D eigenvalue weighted by atomic mass is 16.7. The van der Waals surface area contributed by atoms with E-state index in [-0.39, 0.29) is 59.7 Å². The first-order valence-corrected chi connectivity index (χ1v) is 15.9. The van der Waals surface area contributed by atoms with Crippen molar-refractivity contribution in [3.63, 3.8) is 0 Å². The molecule has 8 unspecified atom stereocenters. The molecule has 2 aromatic carbocycles. The van der Waals surface area contributed by atoms with Gasteiger partial charge in [0.05, 0.1) is 42.1 Å². The van der Waals surface area contributed by atoms with Crippen molar-refractivity contribution in [1.82, 2.24) is 4.90 Å². The van der Waals surface area contributed by atoms with Crippen LogP contribution in [0.2, 0.25) is 0 Å². The number of anilines is 1. The number of nitrogens with one attached hydrogen (secondary N) is 1. The number of fused-ring (bicyclic) bond motifs is 6. The molecule has 258 valence electrons. The summed E-state index contributed by atoms with van der Waals surface area (Å²) < 4.78 is 30.1. The standard InChI is InChI=1S/C33H38N2O13/c1-14-30-18(35-7-9-45-32(44-2)31(35)48-30)10-21(46-14)47-19-12-33(43,20(38)13-37)11-16-23(19)29(42)25-24(27(16)40)26(39)15-4-3-5-17(34-6-8-36)22(15)28(25)41/h3-5,14,18-19,21,30-32,34,36-37,40,42-43H,6-13H2,1-2H3. The molecule has 2 aliphatic carbocycles. The second kappa shape index (κ2) is 12.4. The molecule has 0 saturated carbocycles. The molecular formula is C33H38N2O13. The van der Waals surface area contributed by atoms with Crippen molar-refractivity contribution in [3.8, 4) is 11.5 Å². The van der Waals surface area contributed by atoms with Crippen LogP contribution >= 0.6 is 0 Å². The van der Waals surface area contributed by atoms with Crippen molar-refractivity contribution in [1.29, 1.82) is 0 Å². The van der Waals surface area contributed by atoms with Gasteiger partial charge in [-0.25, -0.2) is 0 Å². The Balaban J connectivity index is 1.29. The number of ether oxygens (including phenoxy) is 5. The molecule has 5 aliphatic rings. The third kappa shape index (κ3) is 5.04. The minimum Gasteiger partial charge on any atom is -0.507 e. The Hall–Kier alpha value is -3.51. The number of phenols is 2. The van der Waals surface area contributed by atoms with Crippen LogP contribution in [-0.4, -0.2) is 130 Å². The van der Waals surface area contributed by atoms with Crippen LogP contribution in [0, 0.1) is 0 Å². The summed E-state index contributed by atoms with van der Waals surface area (Å²) in [5.41, 5.74) is -3.21. The summed E-state index contributed by atoms with van der Waals surface area (Å²) in [4.78, 5) is 42.9. The number of aromatic hydroxyl groups is 2. The second-order valence-corrected chi connectivity index (χ2v) is 12.8. The average molecular weight is 671 g/mol. The lowest BCUT2D eigenvalue weighted by molar-refractivity contribution is -0.256. The summed E-state index contributed by atoms with van der Waals surface area (Å²) in [5.74, 6) is -3.77. The van der Waals surface area contributed by atoms with Crippen molar-refractivity contribution in [2.75, 3.05) is 45.3 Å². The molecule has 0 aromatic heterocycles. The lowest BCUT2D eigenvalue weighted by Crippen LogP contribution is -2.55. The van der Waals surface area contributed by atoms with Gasteiger partial charge in [0.25, 0.3) is 0 Å². The molecule has 15 nitrogen and oxygen atoms in total. The zero-order chi connectivity index (χ0) is 34.1. The molecular weight excluding hydrogens is 632 g/mol. The first kappa shape index (κ1) is 33.0. The number of Topliss-reactive ketones (excluding diaryl/α,β-unsaturated/α-hetero) is 1. The van der Waals surface area contributed by atoms with E-state index in [4.69, 9.17) is 23.7 Å². The zero-order valence-corrected chi connectivity index (χ0v) is 26.4. The molecule has 7 rings (SSSR count). The van der Waals surface area contributed by atoms with Crippen molar-refractivity contribution in [3.05, 3.63) is 51.6 Å². The van der Waals surface area contributed by atoms with Gasteiger partial charge in [-0.05, 0) is 13.0 Å². The van der Waals surface area contributed by atoms with E-state index < -0.39 is 96.0 Å². The topological polar surface area (TPSA) is 214 Å². The van der Waals surface area contributed by atoms with Gasteiger partial charge < -0.3 is 54.5 Å². The number of rotatable bonds is 8. The highest BCUT2D eigenvalue weighted by Crippen LogP contribution is 2.53. The number of phenolic OH excluding ortho intramolecular Hbond substituents is 2. The van der Waals surface area contributed by atoms with Crippen LogP contribution in [0.4, 0.5) is 5.69 Å². The van der Waals surface area contributed by atoms with Gasteiger partial charge in [0.2, 0.25) is 0 Å². The maximum Gasteiger partial charge on any atom is 0.200 e. The van der Waals surface area contributed by atoms with Crippen LogP contribution in [0.25, 0.3) is 0 Å². The summed E-state index contributed by atoms with van der Waals surface area (Å²) in [6, 6.07) is 4.32. The molecule has 3 fully saturated rings. The number of benzene rings is 2. The van der Waals surface area contributed by atoms with Crippen molar-refractivity contribution >= 4 is 23.0 Å². The quantitative estimate of drug-likeness (QED) is 0.176. The van der Waals surface area contributed by atoms with Crippen molar-refractivity contribution in [2.24, 2.45) is 0 Å². The van der Waals surface area contributed by atoms with Crippen LogP contribution in [0.1, 0.15) is 68.8 Å². The number of methoxy groups -OCH3 is 1. The number of hydrogen-bond donors (Lipinski definition) is 6. The van der Waals surface area contributed by atoms with Crippen molar-refractivity contribution < 1.29 is 63.6 Å². The SMILES string of the molecule is COC1OCCN2C3CC(OC4CC(O)(C(=O)CO)Cc5c(O)c6c(c(O)c54)C(=O)c4c(NCCO)cccc4C6=O)OC(C)C3OC12. The number of ketones is 3. The maximum atomic E-state index is 14.1. The smallest absolute Gasteiger partial charge is 0.200 e. The lowest BCUT2D eigenvalue weighted by atomic mass is 9.71. The normalized spacial score (nSPS) is 32.6. The Bertz CT molecular complexity index is 1660. The average Bonchev–Trinajstić information content (AvgIpc) is 3.46. The molecule has 6 N–H and O–H groups in total. The largest absolute Gasteiger partial charge is 0.507 e. The summed E-state index contributed by atoms with van der Waals surface area (Å²) in [5, 5.41) is 57.0. The minimum atomic E-state index is -2.24. The Labute approximate surface area is 274 Å². The van der Waals surface area contributed by atoms with Gasteiger partial charge in [0.1, 0.15) is 29.8 Å². The Morgan fingerprint density at radius 2 is 1.88 bits per heavy atom. The van der Waals surface area contributed by atoms with E-state index >= 15 is 0 Å². The minimum absolute atomic E-state index is 0.0366. The van der Waals surface area contributed by atoms with E-state index in [1.165, 1.54) is 19.2 Å². The van der Waals surface area contributed by atoms with E-state index in [1.807, 2.05) is 6.92 Å². The van der Waals surface area contributed by atoms with E-state index in [1.54, 1.807) is 6.07 Å². The predicted octanol–water partition coefficient (Wildman–Crippen LogP) is 0.107. The maximum absolute atomic E-state index is 14.1. The number of morpholine rings is 1. The molecule has 0 spiro atoms. The van der Waals surface area contributed by atoms with Crippen LogP contribution in [0.15, 0.2) is 18.2 Å². The van der Waals surface area contributed by atoms with Gasteiger partial charge in [0.15, 0.2) is 36.2 Å². The summed E-state index contributed by atoms with van der Waals surface area (Å²) in [6.45, 7) is 1.63. The van der Waals surface area contributed by atoms with Crippen LogP contribution < -0.4 is 5.32 Å². The van der Waals surface area contributed by atoms with E-state index in [2.05, 4.69) is 10.2 Å². The number of hydrogen-bond acceptors (Lipinski definition) is 15. The van der Waals surface area contributed by atoms with Crippen LogP contribution in [0.5, 0.6) is 11.5 Å². The summed E-state index contributed by atoms with van der Waals surface area (Å²) in [6.07, 6.45) is -4.90. The van der Waals surface area contributed by atoms with Gasteiger partial charge in [0, 0.05) is 67.9 Å². The number of carbonyl (C=O) groups excluding carboxylic acids is 3. The highest BCUT2D eigenvalue weighted by molar-refractivity contribution is 6.32. The Kier molecular flexibility index (Phi) is 8.55. The third-order valence-electron chi connectivity index (χ3n) is 10.1. The van der Waals surface area contributed by atoms with Gasteiger partial charge in [-0.1, -0.05) is 12.1 Å². The van der Waals surface area contributed by atoms with Crippen LogP contribution in [0.3, 0.4) is 0 Å². The van der Waals surface area contributed by atoms with Gasteiger partial charge in [-0.3, -0.25) is 19.3 Å². The summed E-state index contributed by atoms with van der Waals surface area (Å²) in [7, 11) is 1.53. The fraction of sp³-hybridized carbons (Fsp3) is 0.545. The molecule has 3 heterocycles. The molecule has 15 heteroatoms. The van der Waals surface area contributed by atoms with Crippen molar-refractivity contribution in [2.45, 2.75) is 74.9 Å². The molecule has 8 atom stereocenters. The molecule has 2 aromatic rings. The first-order chi connectivity index (χ1) is 23.0. The number of nitrogens with zero attached hydrogens (tertiary/aromatic N) is 1.